The zero-order valence-corrected chi connectivity index (χ0v) is 7.90. The van der Waals surface area contributed by atoms with Gasteiger partial charge in [-0.3, -0.25) is 0 Å². The van der Waals surface area contributed by atoms with Gasteiger partial charge in [0.2, 0.25) is 0 Å². The van der Waals surface area contributed by atoms with Gasteiger partial charge in [-0.25, -0.2) is 14.8 Å². The summed E-state index contributed by atoms with van der Waals surface area (Å²) >= 11 is 0. The van der Waals surface area contributed by atoms with Crippen LogP contribution in [0.4, 0.5) is 0 Å². The molecule has 0 atom stereocenters. The van der Waals surface area contributed by atoms with Crippen LogP contribution in [-0.4, -0.2) is 26.0 Å². The van der Waals surface area contributed by atoms with E-state index in [2.05, 4.69) is 15.0 Å². The summed E-state index contributed by atoms with van der Waals surface area (Å²) in [5.41, 5.74) is 1.27. The van der Waals surface area contributed by atoms with Gasteiger partial charge in [-0.1, -0.05) is 0 Å². The minimum Gasteiger partial charge on any atom is -0.478 e. The van der Waals surface area contributed by atoms with E-state index >= 15 is 0 Å². The Morgan fingerprint density at radius 2 is 2.33 bits per heavy atom. The Balaban J connectivity index is 2.23. The summed E-state index contributed by atoms with van der Waals surface area (Å²) < 4.78 is 0. The fraction of sp³-hybridized carbons (Fsp3) is 0.300. The van der Waals surface area contributed by atoms with E-state index in [1.807, 2.05) is 0 Å². The first kappa shape index (κ1) is 8.40. The molecule has 0 bridgehead atoms. The molecule has 0 aliphatic heterocycles. The maximum absolute atomic E-state index is 10.9. The predicted molar refractivity (Wildman–Crippen MR) is 52.8 cm³/mol. The minimum atomic E-state index is -0.951. The lowest BCUT2D eigenvalue weighted by molar-refractivity contribution is 0.0699. The van der Waals surface area contributed by atoms with Crippen LogP contribution in [0.5, 0.6) is 0 Å². The van der Waals surface area contributed by atoms with Gasteiger partial charge in [0.05, 0.1) is 11.1 Å². The van der Waals surface area contributed by atoms with Gasteiger partial charge in [-0.15, -0.1) is 0 Å². The monoisotopic (exact) mass is 203 g/mol. The number of fused-ring (bicyclic) bond motifs is 1. The Morgan fingerprint density at radius 1 is 1.53 bits per heavy atom. The lowest BCUT2D eigenvalue weighted by atomic mass is 10.2. The van der Waals surface area contributed by atoms with Crippen LogP contribution in [0.3, 0.4) is 0 Å². The van der Waals surface area contributed by atoms with Crippen LogP contribution < -0.4 is 0 Å². The summed E-state index contributed by atoms with van der Waals surface area (Å²) in [7, 11) is 0. The van der Waals surface area contributed by atoms with Gasteiger partial charge < -0.3 is 10.1 Å². The fourth-order valence-corrected chi connectivity index (χ4v) is 1.66. The summed E-state index contributed by atoms with van der Waals surface area (Å²) in [5, 5.41) is 8.97. The molecule has 0 spiro atoms. The van der Waals surface area contributed by atoms with Gasteiger partial charge in [-0.05, 0) is 18.9 Å². The second kappa shape index (κ2) is 2.79. The van der Waals surface area contributed by atoms with E-state index in [0.717, 1.165) is 18.7 Å². The van der Waals surface area contributed by atoms with E-state index < -0.39 is 5.97 Å². The largest absolute Gasteiger partial charge is 0.478 e. The smallest absolute Gasteiger partial charge is 0.338 e. The van der Waals surface area contributed by atoms with Gasteiger partial charge in [0.1, 0.15) is 5.82 Å². The Morgan fingerprint density at radius 3 is 3.00 bits per heavy atom. The maximum atomic E-state index is 10.9. The maximum Gasteiger partial charge on any atom is 0.338 e. The number of pyridine rings is 1. The summed E-state index contributed by atoms with van der Waals surface area (Å²) in [4.78, 5) is 22.3. The molecule has 1 saturated carbocycles. The van der Waals surface area contributed by atoms with Crippen molar-refractivity contribution in [1.82, 2.24) is 15.0 Å². The molecule has 0 radical (unpaired) electrons. The molecule has 2 N–H and O–H groups in total. The van der Waals surface area contributed by atoms with Crippen molar-refractivity contribution in [2.24, 2.45) is 0 Å². The van der Waals surface area contributed by atoms with Gasteiger partial charge >= 0.3 is 5.97 Å². The lowest BCUT2D eigenvalue weighted by Crippen LogP contribution is -1.97. The predicted octanol–water partition coefficient (Wildman–Crippen LogP) is 1.53. The summed E-state index contributed by atoms with van der Waals surface area (Å²) in [5.74, 6) is 0.389. The minimum absolute atomic E-state index is 0.236. The number of H-pyrrole nitrogens is 1. The van der Waals surface area contributed by atoms with E-state index in [1.165, 1.54) is 12.3 Å². The van der Waals surface area contributed by atoms with Crippen LogP contribution in [0, 0.1) is 0 Å². The quantitative estimate of drug-likeness (QED) is 0.775. The second-order valence-corrected chi connectivity index (χ2v) is 3.76. The van der Waals surface area contributed by atoms with E-state index in [0.29, 0.717) is 17.1 Å². The number of nitrogens with zero attached hydrogens (tertiary/aromatic N) is 2. The van der Waals surface area contributed by atoms with E-state index in [4.69, 9.17) is 5.11 Å². The molecule has 15 heavy (non-hydrogen) atoms. The fourth-order valence-electron chi connectivity index (χ4n) is 1.66. The highest BCUT2D eigenvalue weighted by Crippen LogP contribution is 2.39. The van der Waals surface area contributed by atoms with Crippen molar-refractivity contribution in [2.75, 3.05) is 0 Å². The Hall–Kier alpha value is -1.91. The molecule has 0 aromatic carbocycles. The number of nitrogens with one attached hydrogen (secondary N) is 1. The number of imidazole rings is 1. The molecule has 1 fully saturated rings. The van der Waals surface area contributed by atoms with Crippen LogP contribution in [0.1, 0.15) is 34.9 Å². The number of hydrogen-bond donors (Lipinski definition) is 2. The molecule has 0 unspecified atom stereocenters. The molecule has 2 aromatic rings. The number of carboxylic acids is 1. The first-order valence-electron chi connectivity index (χ1n) is 4.83. The van der Waals surface area contributed by atoms with Crippen LogP contribution in [0.2, 0.25) is 0 Å². The molecule has 3 rings (SSSR count). The zero-order chi connectivity index (χ0) is 10.4. The van der Waals surface area contributed by atoms with Crippen LogP contribution >= 0.6 is 0 Å². The molecular formula is C10H9N3O2. The molecule has 5 heteroatoms. The van der Waals surface area contributed by atoms with Gasteiger partial charge in [0, 0.05) is 12.1 Å². The summed E-state index contributed by atoms with van der Waals surface area (Å²) in [6, 6.07) is 1.49. The van der Waals surface area contributed by atoms with Crippen molar-refractivity contribution in [3.8, 4) is 0 Å². The Labute approximate surface area is 85.2 Å². The van der Waals surface area contributed by atoms with Gasteiger partial charge in [-0.2, -0.15) is 0 Å². The molecule has 2 heterocycles. The third kappa shape index (κ3) is 1.27. The van der Waals surface area contributed by atoms with Gasteiger partial charge in [0.15, 0.2) is 5.65 Å². The number of hydrogen-bond acceptors (Lipinski definition) is 3. The van der Waals surface area contributed by atoms with Gasteiger partial charge in [0.25, 0.3) is 0 Å². The number of rotatable bonds is 2. The molecule has 1 aliphatic carbocycles. The third-order valence-electron chi connectivity index (χ3n) is 2.60. The number of aromatic carboxylic acids is 1. The SMILES string of the molecule is O=C(O)c1ccnc2nc(C3CC3)[nH]c12. The number of aromatic amines is 1. The Bertz CT molecular complexity index is 543. The van der Waals surface area contributed by atoms with Crippen molar-refractivity contribution >= 4 is 17.1 Å². The molecule has 2 aromatic heterocycles. The van der Waals surface area contributed by atoms with E-state index in [-0.39, 0.29) is 5.56 Å². The van der Waals surface area contributed by atoms with Crippen LogP contribution in [-0.2, 0) is 0 Å². The standard InChI is InChI=1S/C10H9N3O2/c14-10(15)6-3-4-11-9-7(6)12-8(13-9)5-1-2-5/h3-5H,1-2H2,(H,14,15)(H,11,12,13). The molecule has 1 aliphatic rings. The van der Waals surface area contributed by atoms with Crippen LogP contribution in [0.15, 0.2) is 12.3 Å². The molecule has 5 nitrogen and oxygen atoms in total. The number of carbonyl (C=O) groups is 1. The van der Waals surface area contributed by atoms with Crippen molar-refractivity contribution in [2.45, 2.75) is 18.8 Å². The van der Waals surface area contributed by atoms with Crippen molar-refractivity contribution < 1.29 is 9.90 Å². The Kier molecular flexibility index (Phi) is 1.56. The third-order valence-corrected chi connectivity index (χ3v) is 2.60. The number of carboxylic acid groups (broad SMARTS) is 1. The molecule has 0 amide bonds. The first-order valence-corrected chi connectivity index (χ1v) is 4.83. The molecule has 76 valence electrons. The second-order valence-electron chi connectivity index (χ2n) is 3.76. The highest BCUT2D eigenvalue weighted by molar-refractivity contribution is 5.99. The molecular weight excluding hydrogens is 194 g/mol. The van der Waals surface area contributed by atoms with E-state index in [1.54, 1.807) is 0 Å². The highest BCUT2D eigenvalue weighted by Gasteiger charge is 2.27. The zero-order valence-electron chi connectivity index (χ0n) is 7.90. The van der Waals surface area contributed by atoms with Crippen molar-refractivity contribution in [1.29, 1.82) is 0 Å². The first-order chi connectivity index (χ1) is 7.25. The average molecular weight is 203 g/mol. The summed E-state index contributed by atoms with van der Waals surface area (Å²) in [6.45, 7) is 0. The topological polar surface area (TPSA) is 78.9 Å². The average Bonchev–Trinajstić information content (AvgIpc) is 2.96. The number of aromatic nitrogens is 3. The van der Waals surface area contributed by atoms with Crippen molar-refractivity contribution in [3.63, 3.8) is 0 Å². The van der Waals surface area contributed by atoms with Crippen molar-refractivity contribution in [3.05, 3.63) is 23.7 Å². The normalized spacial score (nSPS) is 15.7. The highest BCUT2D eigenvalue weighted by atomic mass is 16.4. The van der Waals surface area contributed by atoms with E-state index in [9.17, 15) is 4.79 Å². The summed E-state index contributed by atoms with van der Waals surface area (Å²) in [6.07, 6.45) is 3.73. The van der Waals surface area contributed by atoms with Crippen LogP contribution in [0.25, 0.3) is 11.2 Å². The molecule has 0 saturated heterocycles. The lowest BCUT2D eigenvalue weighted by Gasteiger charge is -1.93.